The number of aromatic nitrogens is 1. The van der Waals surface area contributed by atoms with Crippen LogP contribution in [0.3, 0.4) is 0 Å². The summed E-state index contributed by atoms with van der Waals surface area (Å²) in [6, 6.07) is 12.2. The molecule has 3 rings (SSSR count). The van der Waals surface area contributed by atoms with Crippen molar-refractivity contribution in [1.29, 1.82) is 0 Å². The first-order valence-corrected chi connectivity index (χ1v) is 7.70. The summed E-state index contributed by atoms with van der Waals surface area (Å²) in [5.41, 5.74) is 8.43. The van der Waals surface area contributed by atoms with E-state index in [4.69, 9.17) is 5.73 Å². The van der Waals surface area contributed by atoms with Crippen LogP contribution in [0.2, 0.25) is 0 Å². The van der Waals surface area contributed by atoms with E-state index >= 15 is 0 Å². The molecule has 0 saturated carbocycles. The Bertz CT molecular complexity index is 666. The molecule has 1 aliphatic heterocycles. The summed E-state index contributed by atoms with van der Waals surface area (Å²) in [6.45, 7) is 3.46. The number of rotatable bonds is 3. The van der Waals surface area contributed by atoms with Gasteiger partial charge in [0.25, 0.3) is 5.91 Å². The minimum atomic E-state index is 0. The van der Waals surface area contributed by atoms with Crippen molar-refractivity contribution in [3.8, 4) is 11.1 Å². The minimum absolute atomic E-state index is 0. The van der Waals surface area contributed by atoms with Crippen LogP contribution in [0.5, 0.6) is 0 Å². The van der Waals surface area contributed by atoms with Crippen LogP contribution in [0.4, 0.5) is 0 Å². The van der Waals surface area contributed by atoms with Gasteiger partial charge in [-0.1, -0.05) is 30.3 Å². The molecule has 2 heterocycles. The lowest BCUT2D eigenvalue weighted by Crippen LogP contribution is -2.34. The van der Waals surface area contributed by atoms with Crippen molar-refractivity contribution < 1.29 is 4.79 Å². The zero-order valence-electron chi connectivity index (χ0n) is 13.6. The lowest BCUT2D eigenvalue weighted by Gasteiger charge is -2.21. The van der Waals surface area contributed by atoms with Crippen LogP contribution in [0.15, 0.2) is 48.8 Å². The third-order valence-electron chi connectivity index (χ3n) is 4.35. The van der Waals surface area contributed by atoms with Gasteiger partial charge in [-0.25, -0.2) is 0 Å². The summed E-state index contributed by atoms with van der Waals surface area (Å²) in [5.74, 6) is 0.456. The summed E-state index contributed by atoms with van der Waals surface area (Å²) >= 11 is 0. The number of amides is 1. The van der Waals surface area contributed by atoms with E-state index in [1.807, 2.05) is 41.3 Å². The fraction of sp³-hybridized carbons (Fsp3) is 0.333. The van der Waals surface area contributed by atoms with Crippen molar-refractivity contribution in [2.24, 2.45) is 11.7 Å². The van der Waals surface area contributed by atoms with E-state index in [1.54, 1.807) is 12.4 Å². The molecule has 2 unspecified atom stereocenters. The Morgan fingerprint density at radius 2 is 1.92 bits per heavy atom. The van der Waals surface area contributed by atoms with Crippen LogP contribution in [-0.2, 0) is 0 Å². The molecule has 1 aromatic carbocycles. The molecule has 4 nitrogen and oxygen atoms in total. The standard InChI is InChI=1S/C18H21N3O.2ClH/c1-13-7-14(9-19)12-21(13)18(22)17-8-16(10-20-11-17)15-5-3-2-4-6-15;;/h2-6,8,10-11,13-14H,7,9,12,19H2,1H3;2*1H. The first-order chi connectivity index (χ1) is 10.7. The van der Waals surface area contributed by atoms with Crippen LogP contribution in [-0.4, -0.2) is 34.9 Å². The molecule has 1 aromatic heterocycles. The Morgan fingerprint density at radius 3 is 2.54 bits per heavy atom. The molecule has 1 aliphatic rings. The summed E-state index contributed by atoms with van der Waals surface area (Å²) in [5, 5.41) is 0. The molecule has 1 amide bonds. The highest BCUT2D eigenvalue weighted by atomic mass is 35.5. The molecule has 2 N–H and O–H groups in total. The second-order valence-electron chi connectivity index (χ2n) is 5.97. The Labute approximate surface area is 155 Å². The van der Waals surface area contributed by atoms with Gasteiger partial charge in [0.05, 0.1) is 5.56 Å². The maximum Gasteiger partial charge on any atom is 0.255 e. The molecule has 24 heavy (non-hydrogen) atoms. The minimum Gasteiger partial charge on any atom is -0.336 e. The fourth-order valence-corrected chi connectivity index (χ4v) is 3.11. The second kappa shape index (κ2) is 9.02. The van der Waals surface area contributed by atoms with Crippen molar-refractivity contribution in [3.05, 3.63) is 54.4 Å². The average molecular weight is 368 g/mol. The molecule has 0 aliphatic carbocycles. The number of nitrogens with two attached hydrogens (primary N) is 1. The van der Waals surface area contributed by atoms with Crippen molar-refractivity contribution in [2.75, 3.05) is 13.1 Å². The van der Waals surface area contributed by atoms with Gasteiger partial charge in [0.1, 0.15) is 0 Å². The van der Waals surface area contributed by atoms with E-state index in [2.05, 4.69) is 11.9 Å². The smallest absolute Gasteiger partial charge is 0.255 e. The number of pyridine rings is 1. The SMILES string of the molecule is CC1CC(CN)CN1C(=O)c1cncc(-c2ccccc2)c1.Cl.Cl. The second-order valence-corrected chi connectivity index (χ2v) is 5.97. The normalized spacial score (nSPS) is 19.3. The molecule has 1 saturated heterocycles. The van der Waals surface area contributed by atoms with Crippen molar-refractivity contribution in [2.45, 2.75) is 19.4 Å². The van der Waals surface area contributed by atoms with Gasteiger partial charge in [0, 0.05) is 30.5 Å². The van der Waals surface area contributed by atoms with E-state index in [0.29, 0.717) is 18.0 Å². The third kappa shape index (κ3) is 4.26. The maximum atomic E-state index is 12.7. The quantitative estimate of drug-likeness (QED) is 0.903. The number of benzene rings is 1. The van der Waals surface area contributed by atoms with Crippen molar-refractivity contribution in [3.63, 3.8) is 0 Å². The van der Waals surface area contributed by atoms with Gasteiger partial charge >= 0.3 is 0 Å². The first-order valence-electron chi connectivity index (χ1n) is 7.70. The lowest BCUT2D eigenvalue weighted by atomic mass is 10.1. The van der Waals surface area contributed by atoms with Gasteiger partial charge in [-0.15, -0.1) is 24.8 Å². The molecule has 1 fully saturated rings. The number of nitrogens with zero attached hydrogens (tertiary/aromatic N) is 2. The predicted molar refractivity (Wildman–Crippen MR) is 102 cm³/mol. The van der Waals surface area contributed by atoms with Crippen LogP contribution in [0.1, 0.15) is 23.7 Å². The third-order valence-corrected chi connectivity index (χ3v) is 4.35. The Kier molecular flexibility index (Phi) is 7.67. The highest BCUT2D eigenvalue weighted by Gasteiger charge is 2.32. The lowest BCUT2D eigenvalue weighted by molar-refractivity contribution is 0.0743. The van der Waals surface area contributed by atoms with Crippen LogP contribution >= 0.6 is 24.8 Å². The van der Waals surface area contributed by atoms with E-state index in [9.17, 15) is 4.79 Å². The molecule has 6 heteroatoms. The zero-order valence-corrected chi connectivity index (χ0v) is 15.2. The molecule has 2 atom stereocenters. The largest absolute Gasteiger partial charge is 0.336 e. The molecule has 0 radical (unpaired) electrons. The van der Waals surface area contributed by atoms with Gasteiger partial charge in [0.2, 0.25) is 0 Å². The molecule has 0 bridgehead atoms. The van der Waals surface area contributed by atoms with E-state index in [0.717, 1.165) is 24.1 Å². The molecule has 0 spiro atoms. The Morgan fingerprint density at radius 1 is 1.21 bits per heavy atom. The monoisotopic (exact) mass is 367 g/mol. The van der Waals surface area contributed by atoms with Crippen molar-refractivity contribution in [1.82, 2.24) is 9.88 Å². The predicted octanol–water partition coefficient (Wildman–Crippen LogP) is 3.40. The van der Waals surface area contributed by atoms with Crippen LogP contribution in [0.25, 0.3) is 11.1 Å². The number of likely N-dealkylation sites (tertiary alicyclic amines) is 1. The zero-order chi connectivity index (χ0) is 15.5. The van der Waals surface area contributed by atoms with E-state index < -0.39 is 0 Å². The van der Waals surface area contributed by atoms with Gasteiger partial charge < -0.3 is 10.6 Å². The number of halogens is 2. The van der Waals surface area contributed by atoms with Gasteiger partial charge in [0.15, 0.2) is 0 Å². The Hall–Kier alpha value is -1.62. The first kappa shape index (κ1) is 20.4. The number of hydrogen-bond donors (Lipinski definition) is 1. The van der Waals surface area contributed by atoms with Gasteiger partial charge in [-0.2, -0.15) is 0 Å². The topological polar surface area (TPSA) is 59.2 Å². The van der Waals surface area contributed by atoms with E-state index in [-0.39, 0.29) is 36.8 Å². The highest BCUT2D eigenvalue weighted by Crippen LogP contribution is 2.25. The Balaban J connectivity index is 0.00000144. The van der Waals surface area contributed by atoms with Gasteiger partial charge in [-0.05, 0) is 37.4 Å². The number of carbonyl (C=O) groups is 1. The van der Waals surface area contributed by atoms with Crippen molar-refractivity contribution >= 4 is 30.7 Å². The van der Waals surface area contributed by atoms with Crippen LogP contribution < -0.4 is 5.73 Å². The van der Waals surface area contributed by atoms with Crippen LogP contribution in [0, 0.1) is 5.92 Å². The summed E-state index contributed by atoms with van der Waals surface area (Å²) in [7, 11) is 0. The maximum absolute atomic E-state index is 12.7. The molecule has 2 aromatic rings. The number of carbonyl (C=O) groups excluding carboxylic acids is 1. The van der Waals surface area contributed by atoms with E-state index in [1.165, 1.54) is 0 Å². The molecule has 130 valence electrons. The highest BCUT2D eigenvalue weighted by molar-refractivity contribution is 5.95. The fourth-order valence-electron chi connectivity index (χ4n) is 3.11. The summed E-state index contributed by atoms with van der Waals surface area (Å²) in [4.78, 5) is 18.9. The average Bonchev–Trinajstić information content (AvgIpc) is 2.96. The van der Waals surface area contributed by atoms with Gasteiger partial charge in [-0.3, -0.25) is 9.78 Å². The summed E-state index contributed by atoms with van der Waals surface area (Å²) < 4.78 is 0. The molecular weight excluding hydrogens is 345 g/mol. The molecular formula is C18H23Cl2N3O. The number of hydrogen-bond acceptors (Lipinski definition) is 3. The summed E-state index contributed by atoms with van der Waals surface area (Å²) in [6.07, 6.45) is 4.42.